The molecule has 0 aromatic rings. The van der Waals surface area contributed by atoms with Gasteiger partial charge in [-0.3, -0.25) is 14.9 Å². The number of ether oxygens (including phenoxy) is 2. The standard InChI is InChI=1S/C11H13Br2NO4/c1-17-10(16)6-4-11(18-2)3-5(12)8(15)7(13)9(11)14-6/h3,6-7,9,14H,4H2,1-2H3/t6-,7+,9-,11+/m0/s1. The average molecular weight is 383 g/mol. The number of hydrogen-bond donors (Lipinski definition) is 1. The third kappa shape index (κ3) is 2.07. The molecule has 1 aliphatic heterocycles. The minimum absolute atomic E-state index is 0.0642. The molecule has 0 spiro atoms. The number of methoxy groups -OCH3 is 2. The molecule has 1 aliphatic carbocycles. The van der Waals surface area contributed by atoms with Gasteiger partial charge in [-0.1, -0.05) is 15.9 Å². The maximum absolute atomic E-state index is 11.9. The van der Waals surface area contributed by atoms with E-state index in [2.05, 4.69) is 37.2 Å². The number of hydrogen-bond acceptors (Lipinski definition) is 5. The lowest BCUT2D eigenvalue weighted by molar-refractivity contribution is -0.143. The fraction of sp³-hybridized carbons (Fsp3) is 0.636. The van der Waals surface area contributed by atoms with E-state index in [4.69, 9.17) is 9.47 Å². The quantitative estimate of drug-likeness (QED) is 0.567. The van der Waals surface area contributed by atoms with E-state index in [9.17, 15) is 9.59 Å². The highest BCUT2D eigenvalue weighted by molar-refractivity contribution is 9.12. The predicted molar refractivity (Wildman–Crippen MR) is 71.8 cm³/mol. The number of ketones is 1. The van der Waals surface area contributed by atoms with Crippen molar-refractivity contribution in [2.24, 2.45) is 0 Å². The molecule has 7 heteroatoms. The van der Waals surface area contributed by atoms with E-state index < -0.39 is 16.5 Å². The van der Waals surface area contributed by atoms with Gasteiger partial charge in [-0.2, -0.15) is 0 Å². The molecule has 0 unspecified atom stereocenters. The van der Waals surface area contributed by atoms with Crippen LogP contribution in [-0.4, -0.2) is 48.5 Å². The number of esters is 1. The smallest absolute Gasteiger partial charge is 0.322 e. The maximum Gasteiger partial charge on any atom is 0.322 e. The Morgan fingerprint density at radius 3 is 2.78 bits per heavy atom. The molecule has 5 nitrogen and oxygen atoms in total. The van der Waals surface area contributed by atoms with Gasteiger partial charge in [-0.15, -0.1) is 0 Å². The van der Waals surface area contributed by atoms with Gasteiger partial charge in [0.05, 0.1) is 22.5 Å². The van der Waals surface area contributed by atoms with Gasteiger partial charge in [-0.25, -0.2) is 0 Å². The van der Waals surface area contributed by atoms with Crippen LogP contribution in [0, 0.1) is 0 Å². The normalized spacial score (nSPS) is 39.2. The van der Waals surface area contributed by atoms with Gasteiger partial charge in [0.15, 0.2) is 5.78 Å². The summed E-state index contributed by atoms with van der Waals surface area (Å²) in [6, 6.07) is -0.761. The highest BCUT2D eigenvalue weighted by Crippen LogP contribution is 2.41. The van der Waals surface area contributed by atoms with Crippen LogP contribution in [0.1, 0.15) is 6.42 Å². The summed E-state index contributed by atoms with van der Waals surface area (Å²) < 4.78 is 10.8. The van der Waals surface area contributed by atoms with Crippen LogP contribution in [0.3, 0.4) is 0 Å². The van der Waals surface area contributed by atoms with Gasteiger partial charge in [0.1, 0.15) is 11.6 Å². The van der Waals surface area contributed by atoms with Crippen LogP contribution >= 0.6 is 31.9 Å². The van der Waals surface area contributed by atoms with Gasteiger partial charge in [0.25, 0.3) is 0 Å². The van der Waals surface area contributed by atoms with Crippen molar-refractivity contribution in [3.05, 3.63) is 10.6 Å². The fourth-order valence-electron chi connectivity index (χ4n) is 2.48. The number of carbonyl (C=O) groups is 2. The Balaban J connectivity index is 2.36. The summed E-state index contributed by atoms with van der Waals surface area (Å²) in [5, 5.41) is 3.10. The third-order valence-corrected chi connectivity index (χ3v) is 5.01. The second-order valence-corrected chi connectivity index (χ2v) is 6.18. The Morgan fingerprint density at radius 1 is 1.56 bits per heavy atom. The van der Waals surface area contributed by atoms with Crippen LogP contribution in [0.25, 0.3) is 0 Å². The molecule has 0 bridgehead atoms. The van der Waals surface area contributed by atoms with Crippen molar-refractivity contribution in [2.45, 2.75) is 28.9 Å². The molecule has 0 radical (unpaired) electrons. The van der Waals surface area contributed by atoms with Gasteiger partial charge in [0, 0.05) is 13.5 Å². The first-order valence-corrected chi connectivity index (χ1v) is 7.11. The van der Waals surface area contributed by atoms with Crippen molar-refractivity contribution in [2.75, 3.05) is 14.2 Å². The highest BCUT2D eigenvalue weighted by Gasteiger charge is 2.55. The van der Waals surface area contributed by atoms with E-state index >= 15 is 0 Å². The lowest BCUT2D eigenvalue weighted by atomic mass is 9.85. The second kappa shape index (κ2) is 5.03. The van der Waals surface area contributed by atoms with Crippen LogP contribution in [0.2, 0.25) is 0 Å². The average Bonchev–Trinajstić information content (AvgIpc) is 2.75. The predicted octanol–water partition coefficient (Wildman–Crippen LogP) is 0.900. The molecule has 0 aromatic carbocycles. The van der Waals surface area contributed by atoms with E-state index in [0.29, 0.717) is 10.9 Å². The van der Waals surface area contributed by atoms with E-state index in [0.717, 1.165) is 0 Å². The van der Waals surface area contributed by atoms with Crippen LogP contribution < -0.4 is 5.32 Å². The van der Waals surface area contributed by atoms with Crippen LogP contribution in [-0.2, 0) is 19.1 Å². The molecule has 2 aliphatic rings. The maximum atomic E-state index is 11.9. The van der Waals surface area contributed by atoms with Crippen molar-refractivity contribution in [1.82, 2.24) is 5.32 Å². The Labute approximate surface area is 122 Å². The van der Waals surface area contributed by atoms with E-state index in [1.807, 2.05) is 0 Å². The molecule has 0 saturated carbocycles. The Bertz CT molecular complexity index is 425. The summed E-state index contributed by atoms with van der Waals surface area (Å²) in [6.45, 7) is 0. The number of rotatable bonds is 2. The third-order valence-electron chi connectivity index (χ3n) is 3.45. The van der Waals surface area contributed by atoms with Crippen LogP contribution in [0.15, 0.2) is 10.6 Å². The molecule has 1 fully saturated rings. The number of carbonyl (C=O) groups excluding carboxylic acids is 2. The van der Waals surface area contributed by atoms with Crippen molar-refractivity contribution >= 4 is 43.6 Å². The topological polar surface area (TPSA) is 64.6 Å². The molecule has 1 N–H and O–H groups in total. The molecular weight excluding hydrogens is 370 g/mol. The number of alkyl halides is 1. The number of Topliss-reactive ketones (excluding diaryl/α,β-unsaturated/α-hetero) is 1. The highest BCUT2D eigenvalue weighted by atomic mass is 79.9. The molecule has 4 atom stereocenters. The molecule has 1 heterocycles. The zero-order valence-corrected chi connectivity index (χ0v) is 13.1. The zero-order valence-electron chi connectivity index (χ0n) is 9.91. The fourth-order valence-corrected chi connectivity index (χ4v) is 4.26. The molecule has 0 amide bonds. The van der Waals surface area contributed by atoms with Crippen LogP contribution in [0.5, 0.6) is 0 Å². The van der Waals surface area contributed by atoms with E-state index in [-0.39, 0.29) is 17.8 Å². The Morgan fingerprint density at radius 2 is 2.22 bits per heavy atom. The molecule has 2 rings (SSSR count). The minimum Gasteiger partial charge on any atom is -0.468 e. The lowest BCUT2D eigenvalue weighted by Gasteiger charge is -2.36. The minimum atomic E-state index is -0.681. The summed E-state index contributed by atoms with van der Waals surface area (Å²) in [5.74, 6) is -0.414. The summed E-state index contributed by atoms with van der Waals surface area (Å²) in [6.07, 6.45) is 2.17. The molecular formula is C11H13Br2NO4. The monoisotopic (exact) mass is 381 g/mol. The number of halogens is 2. The summed E-state index contributed by atoms with van der Waals surface area (Å²) in [5.41, 5.74) is -0.681. The van der Waals surface area contributed by atoms with Gasteiger partial charge in [-0.05, 0) is 22.0 Å². The van der Waals surface area contributed by atoms with Gasteiger partial charge < -0.3 is 9.47 Å². The summed E-state index contributed by atoms with van der Waals surface area (Å²) >= 11 is 6.60. The SMILES string of the molecule is COC(=O)[C@@H]1C[C@]2(OC)C=C(Br)C(=O)[C@@H](Br)[C@@H]2N1. The number of nitrogens with one attached hydrogen (secondary N) is 1. The van der Waals surface area contributed by atoms with Crippen LogP contribution in [0.4, 0.5) is 0 Å². The summed E-state index contributed by atoms with van der Waals surface area (Å²) in [4.78, 5) is 23.1. The first kappa shape index (κ1) is 14.2. The Kier molecular flexibility index (Phi) is 3.96. The number of allylic oxidation sites excluding steroid dienone is 1. The van der Waals surface area contributed by atoms with Crippen molar-refractivity contribution in [3.8, 4) is 0 Å². The molecule has 100 valence electrons. The van der Waals surface area contributed by atoms with E-state index in [1.165, 1.54) is 7.11 Å². The first-order valence-electron chi connectivity index (χ1n) is 5.41. The van der Waals surface area contributed by atoms with Crippen molar-refractivity contribution in [3.63, 3.8) is 0 Å². The van der Waals surface area contributed by atoms with Gasteiger partial charge >= 0.3 is 5.97 Å². The van der Waals surface area contributed by atoms with Crippen molar-refractivity contribution < 1.29 is 19.1 Å². The first-order chi connectivity index (χ1) is 8.45. The zero-order chi connectivity index (χ0) is 13.5. The second-order valence-electron chi connectivity index (χ2n) is 4.34. The van der Waals surface area contributed by atoms with Crippen molar-refractivity contribution in [1.29, 1.82) is 0 Å². The molecule has 1 saturated heterocycles. The largest absolute Gasteiger partial charge is 0.468 e. The van der Waals surface area contributed by atoms with E-state index in [1.54, 1.807) is 13.2 Å². The molecule has 18 heavy (non-hydrogen) atoms. The molecule has 0 aromatic heterocycles. The van der Waals surface area contributed by atoms with Gasteiger partial charge in [0.2, 0.25) is 0 Å². The summed E-state index contributed by atoms with van der Waals surface area (Å²) in [7, 11) is 2.91. The lowest BCUT2D eigenvalue weighted by Crippen LogP contribution is -2.54. The Hall–Kier alpha value is -0.240. The number of fused-ring (bicyclic) bond motifs is 1.